The first-order valence-electron chi connectivity index (χ1n) is 5.48. The van der Waals surface area contributed by atoms with Crippen molar-refractivity contribution in [2.24, 2.45) is 0 Å². The van der Waals surface area contributed by atoms with E-state index >= 15 is 0 Å². The van der Waals surface area contributed by atoms with Crippen molar-refractivity contribution in [1.82, 2.24) is 0 Å². The molecular formula is C13H9ClN2O4. The SMILES string of the molecule is Nc1cccc(C(=O)O)c1-c1ccc(Cl)cc1[N+](=O)[O-]. The molecule has 0 heterocycles. The zero-order valence-corrected chi connectivity index (χ0v) is 10.8. The first-order chi connectivity index (χ1) is 9.41. The largest absolute Gasteiger partial charge is 0.478 e. The summed E-state index contributed by atoms with van der Waals surface area (Å²) in [7, 11) is 0. The predicted molar refractivity (Wildman–Crippen MR) is 74.9 cm³/mol. The number of benzene rings is 2. The van der Waals surface area contributed by atoms with E-state index in [1.807, 2.05) is 0 Å². The maximum atomic E-state index is 11.2. The van der Waals surface area contributed by atoms with Crippen LogP contribution >= 0.6 is 11.6 Å². The van der Waals surface area contributed by atoms with Crippen molar-refractivity contribution in [3.8, 4) is 11.1 Å². The molecule has 0 saturated carbocycles. The van der Waals surface area contributed by atoms with Crippen LogP contribution in [0.15, 0.2) is 36.4 Å². The van der Waals surface area contributed by atoms with E-state index in [0.29, 0.717) is 0 Å². The Morgan fingerprint density at radius 1 is 1.30 bits per heavy atom. The van der Waals surface area contributed by atoms with E-state index < -0.39 is 10.9 Å². The topological polar surface area (TPSA) is 106 Å². The lowest BCUT2D eigenvalue weighted by Gasteiger charge is -2.10. The van der Waals surface area contributed by atoms with Crippen LogP contribution in [0.1, 0.15) is 10.4 Å². The summed E-state index contributed by atoms with van der Waals surface area (Å²) in [5.74, 6) is -1.21. The van der Waals surface area contributed by atoms with Crippen LogP contribution in [-0.4, -0.2) is 16.0 Å². The van der Waals surface area contributed by atoms with Crippen LogP contribution in [0.5, 0.6) is 0 Å². The lowest BCUT2D eigenvalue weighted by Crippen LogP contribution is -2.04. The fourth-order valence-electron chi connectivity index (χ4n) is 1.92. The Bertz CT molecular complexity index is 716. The third-order valence-corrected chi connectivity index (χ3v) is 2.99. The van der Waals surface area contributed by atoms with Gasteiger partial charge in [0, 0.05) is 22.3 Å². The Labute approximate surface area is 118 Å². The monoisotopic (exact) mass is 292 g/mol. The molecule has 20 heavy (non-hydrogen) atoms. The molecule has 0 aromatic heterocycles. The van der Waals surface area contributed by atoms with Gasteiger partial charge in [-0.25, -0.2) is 4.79 Å². The Balaban J connectivity index is 2.81. The Morgan fingerprint density at radius 2 is 2.00 bits per heavy atom. The molecule has 2 aromatic carbocycles. The highest BCUT2D eigenvalue weighted by Gasteiger charge is 2.22. The lowest BCUT2D eigenvalue weighted by molar-refractivity contribution is -0.384. The molecule has 0 saturated heterocycles. The zero-order chi connectivity index (χ0) is 14.9. The van der Waals surface area contributed by atoms with Gasteiger partial charge in [0.15, 0.2) is 0 Å². The number of nitro groups is 1. The summed E-state index contributed by atoms with van der Waals surface area (Å²) >= 11 is 5.74. The van der Waals surface area contributed by atoms with E-state index in [2.05, 4.69) is 0 Å². The second kappa shape index (κ2) is 5.18. The minimum Gasteiger partial charge on any atom is -0.478 e. The fourth-order valence-corrected chi connectivity index (χ4v) is 2.08. The second-order valence-corrected chi connectivity index (χ2v) is 4.43. The Morgan fingerprint density at radius 3 is 2.60 bits per heavy atom. The van der Waals surface area contributed by atoms with Crippen LogP contribution in [-0.2, 0) is 0 Å². The number of hydrogen-bond donors (Lipinski definition) is 2. The van der Waals surface area contributed by atoms with Gasteiger partial charge in [0.25, 0.3) is 5.69 Å². The van der Waals surface area contributed by atoms with Crippen molar-refractivity contribution in [2.75, 3.05) is 5.73 Å². The van der Waals surface area contributed by atoms with E-state index in [0.717, 1.165) is 6.07 Å². The van der Waals surface area contributed by atoms with Gasteiger partial charge in [-0.1, -0.05) is 17.7 Å². The number of carboxylic acids is 1. The van der Waals surface area contributed by atoms with Gasteiger partial charge in [-0.05, 0) is 24.3 Å². The van der Waals surface area contributed by atoms with Gasteiger partial charge in [-0.3, -0.25) is 10.1 Å². The Hall–Kier alpha value is -2.60. The highest BCUT2D eigenvalue weighted by molar-refractivity contribution is 6.31. The van der Waals surface area contributed by atoms with Gasteiger partial charge >= 0.3 is 5.97 Å². The van der Waals surface area contributed by atoms with Gasteiger partial charge in [-0.2, -0.15) is 0 Å². The smallest absolute Gasteiger partial charge is 0.336 e. The molecular weight excluding hydrogens is 284 g/mol. The number of halogens is 1. The third-order valence-electron chi connectivity index (χ3n) is 2.75. The fraction of sp³-hybridized carbons (Fsp3) is 0. The molecule has 0 aliphatic rings. The van der Waals surface area contributed by atoms with E-state index in [9.17, 15) is 20.0 Å². The number of rotatable bonds is 3. The number of nitrogens with two attached hydrogens (primary N) is 1. The van der Waals surface area contributed by atoms with Gasteiger partial charge in [0.2, 0.25) is 0 Å². The molecule has 102 valence electrons. The number of carbonyl (C=O) groups is 1. The van der Waals surface area contributed by atoms with Crippen molar-refractivity contribution in [1.29, 1.82) is 0 Å². The third kappa shape index (κ3) is 2.41. The minimum absolute atomic E-state index is 0.101. The second-order valence-electron chi connectivity index (χ2n) is 3.99. The molecule has 0 spiro atoms. The number of aromatic carboxylic acids is 1. The zero-order valence-electron chi connectivity index (χ0n) is 10.0. The van der Waals surface area contributed by atoms with Crippen LogP contribution < -0.4 is 5.73 Å². The van der Waals surface area contributed by atoms with Crippen LogP contribution in [0.3, 0.4) is 0 Å². The maximum Gasteiger partial charge on any atom is 0.336 e. The van der Waals surface area contributed by atoms with E-state index in [-0.39, 0.29) is 33.1 Å². The minimum atomic E-state index is -1.21. The van der Waals surface area contributed by atoms with Gasteiger partial charge in [0.1, 0.15) is 0 Å². The number of hydrogen-bond acceptors (Lipinski definition) is 4. The average Bonchev–Trinajstić information content (AvgIpc) is 2.38. The molecule has 0 aliphatic carbocycles. The maximum absolute atomic E-state index is 11.2. The van der Waals surface area contributed by atoms with Crippen molar-refractivity contribution >= 4 is 28.9 Å². The quantitative estimate of drug-likeness (QED) is 0.513. The molecule has 0 amide bonds. The van der Waals surface area contributed by atoms with Crippen LogP contribution in [0.25, 0.3) is 11.1 Å². The van der Waals surface area contributed by atoms with E-state index in [1.54, 1.807) is 0 Å². The standard InChI is InChI=1S/C13H9ClN2O4/c14-7-4-5-8(11(6-7)16(19)20)12-9(13(17)18)2-1-3-10(12)15/h1-6H,15H2,(H,17,18). The molecule has 7 heteroatoms. The lowest BCUT2D eigenvalue weighted by atomic mass is 9.96. The normalized spacial score (nSPS) is 10.2. The number of anilines is 1. The molecule has 3 N–H and O–H groups in total. The molecule has 0 radical (unpaired) electrons. The molecule has 2 rings (SSSR count). The predicted octanol–water partition coefficient (Wildman–Crippen LogP) is 3.20. The molecule has 0 atom stereocenters. The first kappa shape index (κ1) is 13.8. The van der Waals surface area contributed by atoms with Gasteiger partial charge in [-0.15, -0.1) is 0 Å². The number of carboxylic acid groups (broad SMARTS) is 1. The summed E-state index contributed by atoms with van der Waals surface area (Å²) in [4.78, 5) is 21.7. The van der Waals surface area contributed by atoms with Crippen molar-refractivity contribution in [3.63, 3.8) is 0 Å². The summed E-state index contributed by atoms with van der Waals surface area (Å²) in [5.41, 5.74) is 5.77. The first-order valence-corrected chi connectivity index (χ1v) is 5.85. The summed E-state index contributed by atoms with van der Waals surface area (Å²) in [5, 5.41) is 20.5. The molecule has 0 bridgehead atoms. The molecule has 2 aromatic rings. The van der Waals surface area contributed by atoms with Crippen LogP contribution in [0.2, 0.25) is 5.02 Å². The van der Waals surface area contributed by atoms with Gasteiger partial charge in [0.05, 0.1) is 16.1 Å². The number of nitro benzene ring substituents is 1. The van der Waals surface area contributed by atoms with Crippen LogP contribution in [0, 0.1) is 10.1 Å². The number of nitrogens with zero attached hydrogens (tertiary/aromatic N) is 1. The van der Waals surface area contributed by atoms with Crippen LogP contribution in [0.4, 0.5) is 11.4 Å². The highest BCUT2D eigenvalue weighted by atomic mass is 35.5. The summed E-state index contributed by atoms with van der Waals surface area (Å²) in [6.07, 6.45) is 0. The molecule has 0 fully saturated rings. The number of nitrogen functional groups attached to an aromatic ring is 1. The average molecular weight is 293 g/mol. The summed E-state index contributed by atoms with van der Waals surface area (Å²) in [6.45, 7) is 0. The van der Waals surface area contributed by atoms with E-state index in [1.165, 1.54) is 30.3 Å². The molecule has 0 unspecified atom stereocenters. The van der Waals surface area contributed by atoms with Crippen molar-refractivity contribution < 1.29 is 14.8 Å². The Kier molecular flexibility index (Phi) is 3.58. The molecule has 6 nitrogen and oxygen atoms in total. The molecule has 0 aliphatic heterocycles. The highest BCUT2D eigenvalue weighted by Crippen LogP contribution is 2.37. The van der Waals surface area contributed by atoms with E-state index in [4.69, 9.17) is 17.3 Å². The van der Waals surface area contributed by atoms with Crippen molar-refractivity contribution in [3.05, 3.63) is 57.1 Å². The summed E-state index contributed by atoms with van der Waals surface area (Å²) < 4.78 is 0. The summed E-state index contributed by atoms with van der Waals surface area (Å²) in [6, 6.07) is 8.30. The van der Waals surface area contributed by atoms with Crippen molar-refractivity contribution in [2.45, 2.75) is 0 Å². The van der Waals surface area contributed by atoms with Gasteiger partial charge < -0.3 is 10.8 Å².